The summed E-state index contributed by atoms with van der Waals surface area (Å²) in [6.45, 7) is 1.54. The maximum Gasteiger partial charge on any atom is 0.300 e. The molecule has 1 aromatic heterocycles. The molecule has 2 rings (SSSR count). The number of hydrogen-bond donors (Lipinski definition) is 3. The third-order valence-electron chi connectivity index (χ3n) is 2.53. The molecule has 1 aromatic carbocycles. The highest BCUT2D eigenvalue weighted by Gasteiger charge is 2.01. The fourth-order valence-electron chi connectivity index (χ4n) is 1.61. The summed E-state index contributed by atoms with van der Waals surface area (Å²) in [7, 11) is 1.64. The van der Waals surface area contributed by atoms with E-state index in [0.717, 1.165) is 18.2 Å². The van der Waals surface area contributed by atoms with E-state index in [-0.39, 0.29) is 0 Å². The van der Waals surface area contributed by atoms with Crippen LogP contribution in [0, 0.1) is 0 Å². The Bertz CT molecular complexity index is 641. The molecule has 0 radical (unpaired) electrons. The lowest BCUT2D eigenvalue weighted by Crippen LogP contribution is -2.23. The van der Waals surface area contributed by atoms with Crippen LogP contribution in [-0.2, 0) is 11.3 Å². The lowest BCUT2D eigenvalue weighted by molar-refractivity contribution is -0.134. The van der Waals surface area contributed by atoms with Crippen LogP contribution in [0.15, 0.2) is 53.7 Å². The second kappa shape index (κ2) is 9.78. The van der Waals surface area contributed by atoms with Gasteiger partial charge in [-0.25, -0.2) is 9.98 Å². The maximum absolute atomic E-state index is 9.00. The summed E-state index contributed by atoms with van der Waals surface area (Å²) in [5.74, 6) is 0.963. The molecule has 0 aliphatic heterocycles. The van der Waals surface area contributed by atoms with E-state index in [0.29, 0.717) is 18.3 Å². The summed E-state index contributed by atoms with van der Waals surface area (Å²) < 4.78 is 5.25. The minimum Gasteiger partial charge on any atom is -0.496 e. The minimum atomic E-state index is -0.833. The Hall–Kier alpha value is -3.09. The molecule has 0 amide bonds. The number of hydrogen-bond acceptors (Lipinski definition) is 4. The highest BCUT2D eigenvalue weighted by atomic mass is 16.5. The van der Waals surface area contributed by atoms with Crippen LogP contribution < -0.4 is 15.8 Å². The zero-order valence-corrected chi connectivity index (χ0v) is 13.1. The second-order valence-electron chi connectivity index (χ2n) is 4.37. The lowest BCUT2D eigenvalue weighted by Gasteiger charge is -2.07. The molecule has 4 N–H and O–H groups in total. The molecule has 0 saturated heterocycles. The van der Waals surface area contributed by atoms with Crippen LogP contribution in [0.4, 0.5) is 5.82 Å². The number of methoxy groups -OCH3 is 1. The van der Waals surface area contributed by atoms with Crippen molar-refractivity contribution in [2.75, 3.05) is 12.4 Å². The van der Waals surface area contributed by atoms with Gasteiger partial charge in [-0.1, -0.05) is 24.3 Å². The van der Waals surface area contributed by atoms with E-state index < -0.39 is 5.97 Å². The standard InChI is InChI=1S/C14H16N4O.C2H4O2/c1-19-12-7-3-2-6-11(12)10-17-14(15)18-13-8-4-5-9-16-13;1-2(3)4/h2-9H,10H2,1H3,(H3,15,16,17,18);1H3,(H,3,4). The number of carboxylic acid groups (broad SMARTS) is 1. The molecule has 0 saturated carbocycles. The zero-order valence-electron chi connectivity index (χ0n) is 13.1. The zero-order chi connectivity index (χ0) is 17.1. The Labute approximate surface area is 134 Å². The molecule has 7 nitrogen and oxygen atoms in total. The monoisotopic (exact) mass is 316 g/mol. The molecule has 0 aliphatic carbocycles. The van der Waals surface area contributed by atoms with E-state index in [9.17, 15) is 0 Å². The molecule has 0 atom stereocenters. The summed E-state index contributed by atoms with van der Waals surface area (Å²) in [5, 5.41) is 10.3. The number of rotatable bonds is 4. The van der Waals surface area contributed by atoms with Gasteiger partial charge in [0.15, 0.2) is 5.96 Å². The number of carbonyl (C=O) groups is 1. The van der Waals surface area contributed by atoms with Gasteiger partial charge in [-0.2, -0.15) is 0 Å². The molecule has 7 heteroatoms. The molecular formula is C16H20N4O3. The van der Waals surface area contributed by atoms with Gasteiger partial charge in [0.1, 0.15) is 11.6 Å². The molecule has 1 heterocycles. The van der Waals surface area contributed by atoms with Crippen molar-refractivity contribution in [1.82, 2.24) is 4.98 Å². The van der Waals surface area contributed by atoms with Crippen molar-refractivity contribution in [2.45, 2.75) is 13.5 Å². The maximum atomic E-state index is 9.00. The minimum absolute atomic E-state index is 0.324. The van der Waals surface area contributed by atoms with E-state index in [4.69, 9.17) is 20.4 Å². The number of aromatic nitrogens is 1. The Morgan fingerprint density at radius 1 is 1.30 bits per heavy atom. The molecule has 2 aromatic rings. The third-order valence-corrected chi connectivity index (χ3v) is 2.53. The Morgan fingerprint density at radius 3 is 2.57 bits per heavy atom. The average Bonchev–Trinajstić information content (AvgIpc) is 2.53. The van der Waals surface area contributed by atoms with Crippen molar-refractivity contribution < 1.29 is 14.6 Å². The number of nitrogens with one attached hydrogen (secondary N) is 1. The molecule has 122 valence electrons. The van der Waals surface area contributed by atoms with E-state index >= 15 is 0 Å². The van der Waals surface area contributed by atoms with Crippen LogP contribution in [0.5, 0.6) is 5.75 Å². The lowest BCUT2D eigenvalue weighted by atomic mass is 10.2. The fraction of sp³-hybridized carbons (Fsp3) is 0.188. The molecule has 0 unspecified atom stereocenters. The average molecular weight is 316 g/mol. The predicted molar refractivity (Wildman–Crippen MR) is 89.5 cm³/mol. The molecule has 0 bridgehead atoms. The van der Waals surface area contributed by atoms with Crippen LogP contribution in [0.1, 0.15) is 12.5 Å². The van der Waals surface area contributed by atoms with Crippen LogP contribution in [0.2, 0.25) is 0 Å². The number of pyridine rings is 1. The molecule has 23 heavy (non-hydrogen) atoms. The first-order valence-corrected chi connectivity index (χ1v) is 6.82. The molecule has 0 spiro atoms. The Morgan fingerprint density at radius 2 is 1.96 bits per heavy atom. The Balaban J connectivity index is 0.000000593. The largest absolute Gasteiger partial charge is 0.496 e. The van der Waals surface area contributed by atoms with E-state index in [2.05, 4.69) is 15.3 Å². The fourth-order valence-corrected chi connectivity index (χ4v) is 1.61. The number of guanidine groups is 1. The van der Waals surface area contributed by atoms with Crippen molar-refractivity contribution in [1.29, 1.82) is 0 Å². The number of aliphatic carboxylic acids is 1. The number of ether oxygens (including phenoxy) is 1. The van der Waals surface area contributed by atoms with E-state index in [1.165, 1.54) is 0 Å². The summed E-state index contributed by atoms with van der Waals surface area (Å²) in [5.41, 5.74) is 6.79. The first-order valence-electron chi connectivity index (χ1n) is 6.82. The van der Waals surface area contributed by atoms with Gasteiger partial charge >= 0.3 is 0 Å². The van der Waals surface area contributed by atoms with Crippen molar-refractivity contribution in [3.05, 3.63) is 54.2 Å². The van der Waals surface area contributed by atoms with Gasteiger partial charge in [-0.15, -0.1) is 0 Å². The summed E-state index contributed by atoms with van der Waals surface area (Å²) >= 11 is 0. The number of anilines is 1. The second-order valence-corrected chi connectivity index (χ2v) is 4.37. The van der Waals surface area contributed by atoms with Crippen LogP contribution in [0.25, 0.3) is 0 Å². The molecular weight excluding hydrogens is 296 g/mol. The van der Waals surface area contributed by atoms with Crippen LogP contribution in [0.3, 0.4) is 0 Å². The summed E-state index contributed by atoms with van der Waals surface area (Å²) in [6.07, 6.45) is 1.69. The van der Waals surface area contributed by atoms with Crippen LogP contribution in [-0.4, -0.2) is 29.1 Å². The number of nitrogens with two attached hydrogens (primary N) is 1. The molecule has 0 aliphatic rings. The van der Waals surface area contributed by atoms with Crippen molar-refractivity contribution in [3.8, 4) is 5.75 Å². The summed E-state index contributed by atoms with van der Waals surface area (Å²) in [4.78, 5) is 17.4. The summed E-state index contributed by atoms with van der Waals surface area (Å²) in [6, 6.07) is 13.3. The van der Waals surface area contributed by atoms with Crippen molar-refractivity contribution >= 4 is 17.7 Å². The van der Waals surface area contributed by atoms with Gasteiger partial charge in [-0.3, -0.25) is 4.79 Å². The third kappa shape index (κ3) is 7.47. The number of benzene rings is 1. The first-order chi connectivity index (χ1) is 11.0. The molecule has 0 fully saturated rings. The number of para-hydroxylation sites is 1. The topological polar surface area (TPSA) is 110 Å². The number of nitrogens with zero attached hydrogens (tertiary/aromatic N) is 2. The number of aliphatic imine (C=N–C) groups is 1. The van der Waals surface area contributed by atoms with Gasteiger partial charge in [0.25, 0.3) is 5.97 Å². The van der Waals surface area contributed by atoms with Crippen molar-refractivity contribution in [2.24, 2.45) is 10.7 Å². The van der Waals surface area contributed by atoms with Gasteiger partial charge in [0, 0.05) is 18.7 Å². The van der Waals surface area contributed by atoms with Gasteiger partial charge in [-0.05, 0) is 18.2 Å². The normalized spacial score (nSPS) is 10.3. The van der Waals surface area contributed by atoms with Gasteiger partial charge in [0.05, 0.1) is 13.7 Å². The smallest absolute Gasteiger partial charge is 0.300 e. The number of carboxylic acids is 1. The van der Waals surface area contributed by atoms with Gasteiger partial charge in [0.2, 0.25) is 0 Å². The van der Waals surface area contributed by atoms with Crippen LogP contribution >= 0.6 is 0 Å². The Kier molecular flexibility index (Phi) is 7.63. The van der Waals surface area contributed by atoms with E-state index in [1.807, 2.05) is 42.5 Å². The first kappa shape index (κ1) is 18.0. The van der Waals surface area contributed by atoms with Crippen molar-refractivity contribution in [3.63, 3.8) is 0 Å². The van der Waals surface area contributed by atoms with E-state index in [1.54, 1.807) is 13.3 Å². The van der Waals surface area contributed by atoms with Gasteiger partial charge < -0.3 is 20.9 Å². The predicted octanol–water partition coefficient (Wildman–Crippen LogP) is 2.11. The quantitative estimate of drug-likeness (QED) is 0.588. The highest BCUT2D eigenvalue weighted by Crippen LogP contribution is 2.17. The SMILES string of the molecule is CC(=O)O.COc1ccccc1CN=C(N)Nc1ccccn1. The highest BCUT2D eigenvalue weighted by molar-refractivity contribution is 5.91.